The van der Waals surface area contributed by atoms with Gasteiger partial charge in [-0.15, -0.1) is 0 Å². The fourth-order valence-electron chi connectivity index (χ4n) is 2.74. The molecule has 1 unspecified atom stereocenters. The number of hydrogen-bond acceptors (Lipinski definition) is 3. The molecule has 1 aromatic carbocycles. The number of aliphatic hydroxyl groups is 1. The predicted molar refractivity (Wildman–Crippen MR) is 84.5 cm³/mol. The summed E-state index contributed by atoms with van der Waals surface area (Å²) in [6.45, 7) is 4.62. The summed E-state index contributed by atoms with van der Waals surface area (Å²) in [7, 11) is 1.63. The zero-order chi connectivity index (χ0) is 15.4. The Morgan fingerprint density at radius 1 is 1.33 bits per heavy atom. The molecule has 0 radical (unpaired) electrons. The Kier molecular flexibility index (Phi) is 5.37. The Morgan fingerprint density at radius 2 is 2.00 bits per heavy atom. The van der Waals surface area contributed by atoms with Crippen molar-refractivity contribution < 1.29 is 9.90 Å². The number of nitrogens with one attached hydrogen (secondary N) is 2. The molecule has 4 heteroatoms. The normalized spacial score (nSPS) is 16.6. The minimum absolute atomic E-state index is 0.128. The maximum Gasteiger partial charge on any atom is 0.251 e. The molecule has 0 saturated heterocycles. The Bertz CT molecular complexity index is 496. The van der Waals surface area contributed by atoms with Gasteiger partial charge < -0.3 is 15.7 Å². The molecule has 4 nitrogen and oxygen atoms in total. The summed E-state index contributed by atoms with van der Waals surface area (Å²) in [5.41, 5.74) is 2.32. The lowest BCUT2D eigenvalue weighted by molar-refractivity contribution is 0.0952. The summed E-state index contributed by atoms with van der Waals surface area (Å²) in [6.07, 6.45) is 2.97. The van der Waals surface area contributed by atoms with Crippen molar-refractivity contribution in [3.63, 3.8) is 0 Å². The summed E-state index contributed by atoms with van der Waals surface area (Å²) >= 11 is 0. The average Bonchev–Trinajstić information content (AvgIpc) is 2.43. The van der Waals surface area contributed by atoms with Crippen LogP contribution in [-0.4, -0.2) is 30.6 Å². The van der Waals surface area contributed by atoms with Crippen molar-refractivity contribution in [1.82, 2.24) is 10.6 Å². The molecular weight excluding hydrogens is 264 g/mol. The highest BCUT2D eigenvalue weighted by atomic mass is 16.3. The van der Waals surface area contributed by atoms with Gasteiger partial charge in [0, 0.05) is 25.2 Å². The van der Waals surface area contributed by atoms with Crippen LogP contribution in [-0.2, 0) is 0 Å². The van der Waals surface area contributed by atoms with Crippen molar-refractivity contribution >= 4 is 5.91 Å². The lowest BCUT2D eigenvalue weighted by Crippen LogP contribution is -2.38. The van der Waals surface area contributed by atoms with Crippen LogP contribution in [0.15, 0.2) is 18.2 Å². The minimum atomic E-state index is -0.656. The van der Waals surface area contributed by atoms with Gasteiger partial charge >= 0.3 is 0 Å². The quantitative estimate of drug-likeness (QED) is 0.753. The monoisotopic (exact) mass is 290 g/mol. The first kappa shape index (κ1) is 16.0. The number of amides is 1. The lowest BCUT2D eigenvalue weighted by Gasteiger charge is -2.28. The fourth-order valence-corrected chi connectivity index (χ4v) is 2.74. The van der Waals surface area contributed by atoms with Crippen LogP contribution in [0, 0.1) is 0 Å². The largest absolute Gasteiger partial charge is 0.387 e. The zero-order valence-corrected chi connectivity index (χ0v) is 13.1. The van der Waals surface area contributed by atoms with Gasteiger partial charge in [-0.25, -0.2) is 0 Å². The van der Waals surface area contributed by atoms with E-state index in [0.29, 0.717) is 23.7 Å². The molecule has 0 spiro atoms. The molecule has 3 N–H and O–H groups in total. The maximum absolute atomic E-state index is 12.2. The minimum Gasteiger partial charge on any atom is -0.387 e. The van der Waals surface area contributed by atoms with E-state index in [1.54, 1.807) is 7.05 Å². The van der Waals surface area contributed by atoms with Crippen LogP contribution in [0.25, 0.3) is 0 Å². The second-order valence-electron chi connectivity index (χ2n) is 6.10. The first-order chi connectivity index (χ1) is 10.0. The third-order valence-corrected chi connectivity index (χ3v) is 4.27. The predicted octanol–water partition coefficient (Wildman–Crippen LogP) is 2.35. The molecule has 1 fully saturated rings. The Labute approximate surface area is 126 Å². The number of carbonyl (C=O) groups is 1. The number of aliphatic hydroxyl groups excluding tert-OH is 1. The number of benzene rings is 1. The van der Waals surface area contributed by atoms with Gasteiger partial charge in [0.2, 0.25) is 0 Å². The van der Waals surface area contributed by atoms with E-state index in [0.717, 1.165) is 5.56 Å². The smallest absolute Gasteiger partial charge is 0.251 e. The van der Waals surface area contributed by atoms with E-state index in [1.807, 2.05) is 18.2 Å². The second-order valence-corrected chi connectivity index (χ2v) is 6.10. The standard InChI is InChI=1S/C17H26N2O2/c1-11(2)13-8-5-9-14(16(13)17(21)18-3)15(20)10-19-12-6-4-7-12/h5,8-9,11-12,15,19-20H,4,6-7,10H2,1-3H3,(H,18,21). The van der Waals surface area contributed by atoms with Crippen molar-refractivity contribution in [2.24, 2.45) is 0 Å². The van der Waals surface area contributed by atoms with E-state index in [9.17, 15) is 9.90 Å². The van der Waals surface area contributed by atoms with Crippen LogP contribution < -0.4 is 10.6 Å². The van der Waals surface area contributed by atoms with Gasteiger partial charge in [-0.05, 0) is 29.9 Å². The molecule has 116 valence electrons. The van der Waals surface area contributed by atoms with Crippen molar-refractivity contribution in [3.05, 3.63) is 34.9 Å². The molecule has 0 aliphatic heterocycles. The van der Waals surface area contributed by atoms with Crippen molar-refractivity contribution in [2.45, 2.75) is 51.2 Å². The topological polar surface area (TPSA) is 61.4 Å². The van der Waals surface area contributed by atoms with Crippen LogP contribution >= 0.6 is 0 Å². The molecule has 1 amide bonds. The Hall–Kier alpha value is -1.39. The maximum atomic E-state index is 12.2. The Balaban J connectivity index is 2.23. The number of carbonyl (C=O) groups excluding carboxylic acids is 1. The first-order valence-electron chi connectivity index (χ1n) is 7.81. The highest BCUT2D eigenvalue weighted by molar-refractivity contribution is 5.97. The molecule has 0 heterocycles. The molecule has 1 saturated carbocycles. The molecule has 2 rings (SSSR count). The molecular formula is C17H26N2O2. The van der Waals surface area contributed by atoms with Crippen LogP contribution in [0.3, 0.4) is 0 Å². The zero-order valence-electron chi connectivity index (χ0n) is 13.1. The van der Waals surface area contributed by atoms with Crippen molar-refractivity contribution in [2.75, 3.05) is 13.6 Å². The van der Waals surface area contributed by atoms with Crippen molar-refractivity contribution in [3.8, 4) is 0 Å². The Morgan fingerprint density at radius 3 is 2.52 bits per heavy atom. The third-order valence-electron chi connectivity index (χ3n) is 4.27. The molecule has 21 heavy (non-hydrogen) atoms. The molecule has 1 aliphatic rings. The van der Waals surface area contributed by atoms with E-state index in [2.05, 4.69) is 24.5 Å². The SMILES string of the molecule is CNC(=O)c1c(C(C)C)cccc1C(O)CNC1CCC1. The lowest BCUT2D eigenvalue weighted by atomic mass is 9.89. The van der Waals surface area contributed by atoms with E-state index in [-0.39, 0.29) is 11.8 Å². The van der Waals surface area contributed by atoms with Crippen LogP contribution in [0.1, 0.15) is 66.6 Å². The van der Waals surface area contributed by atoms with Crippen LogP contribution in [0.5, 0.6) is 0 Å². The number of rotatable bonds is 6. The van der Waals surface area contributed by atoms with Gasteiger partial charge in [0.05, 0.1) is 6.10 Å². The van der Waals surface area contributed by atoms with E-state index < -0.39 is 6.10 Å². The molecule has 1 aliphatic carbocycles. The molecule has 1 aromatic rings. The van der Waals surface area contributed by atoms with Crippen LogP contribution in [0.4, 0.5) is 0 Å². The van der Waals surface area contributed by atoms with Gasteiger partial charge in [0.15, 0.2) is 0 Å². The first-order valence-corrected chi connectivity index (χ1v) is 7.81. The number of hydrogen-bond donors (Lipinski definition) is 3. The molecule has 0 aromatic heterocycles. The van der Waals surface area contributed by atoms with Gasteiger partial charge in [0.1, 0.15) is 0 Å². The fraction of sp³-hybridized carbons (Fsp3) is 0.588. The summed E-state index contributed by atoms with van der Waals surface area (Å²) in [6, 6.07) is 6.26. The third kappa shape index (κ3) is 3.63. The molecule has 1 atom stereocenters. The van der Waals surface area contributed by atoms with Gasteiger partial charge in [-0.3, -0.25) is 4.79 Å². The van der Waals surface area contributed by atoms with Gasteiger partial charge in [-0.1, -0.05) is 38.5 Å². The summed E-state index contributed by atoms with van der Waals surface area (Å²) < 4.78 is 0. The van der Waals surface area contributed by atoms with Gasteiger partial charge in [-0.2, -0.15) is 0 Å². The van der Waals surface area contributed by atoms with Crippen LogP contribution in [0.2, 0.25) is 0 Å². The van der Waals surface area contributed by atoms with E-state index in [4.69, 9.17) is 0 Å². The van der Waals surface area contributed by atoms with E-state index in [1.165, 1.54) is 19.3 Å². The summed E-state index contributed by atoms with van der Waals surface area (Å²) in [5.74, 6) is 0.112. The highest BCUT2D eigenvalue weighted by Gasteiger charge is 2.23. The van der Waals surface area contributed by atoms with E-state index >= 15 is 0 Å². The van der Waals surface area contributed by atoms with Crippen molar-refractivity contribution in [1.29, 1.82) is 0 Å². The highest BCUT2D eigenvalue weighted by Crippen LogP contribution is 2.27. The molecule has 0 bridgehead atoms. The summed E-state index contributed by atoms with van der Waals surface area (Å²) in [5, 5.41) is 16.5. The summed E-state index contributed by atoms with van der Waals surface area (Å²) in [4.78, 5) is 12.2. The average molecular weight is 290 g/mol. The van der Waals surface area contributed by atoms with Gasteiger partial charge in [0.25, 0.3) is 5.91 Å². The second kappa shape index (κ2) is 7.05.